The van der Waals surface area contributed by atoms with Gasteiger partial charge in [-0.2, -0.15) is 0 Å². The van der Waals surface area contributed by atoms with Gasteiger partial charge in [-0.3, -0.25) is 4.79 Å². The maximum Gasteiger partial charge on any atom is 0.249 e. The van der Waals surface area contributed by atoms with Crippen molar-refractivity contribution < 1.29 is 9.53 Å². The molecule has 0 bridgehead atoms. The lowest BCUT2D eigenvalue weighted by atomic mass is 10.2. The molecule has 2 atom stereocenters. The molecule has 1 aromatic carbocycles. The van der Waals surface area contributed by atoms with Crippen molar-refractivity contribution in [3.63, 3.8) is 0 Å². The molecule has 0 saturated carbocycles. The molecule has 2 heterocycles. The van der Waals surface area contributed by atoms with Gasteiger partial charge in [-0.05, 0) is 31.9 Å². The van der Waals surface area contributed by atoms with Crippen LogP contribution in [-0.4, -0.2) is 34.6 Å². The number of H-pyrrole nitrogens is 1. The van der Waals surface area contributed by atoms with Crippen molar-refractivity contribution in [1.29, 1.82) is 0 Å². The Kier molecular flexibility index (Phi) is 3.69. The summed E-state index contributed by atoms with van der Waals surface area (Å²) in [5, 5.41) is 2.91. The Morgan fingerprint density at radius 2 is 2.30 bits per heavy atom. The molecule has 1 aliphatic rings. The summed E-state index contributed by atoms with van der Waals surface area (Å²) in [6.07, 6.45) is 2.39. The number of imidazole rings is 1. The van der Waals surface area contributed by atoms with Crippen LogP contribution in [0.1, 0.15) is 25.6 Å². The third-order valence-corrected chi connectivity index (χ3v) is 3.62. The van der Waals surface area contributed by atoms with E-state index in [0.717, 1.165) is 29.7 Å². The Labute approximate surface area is 117 Å². The molecule has 3 rings (SSSR count). The van der Waals surface area contributed by atoms with E-state index in [2.05, 4.69) is 15.3 Å². The summed E-state index contributed by atoms with van der Waals surface area (Å²) in [6, 6.07) is 7.91. The van der Waals surface area contributed by atoms with E-state index in [9.17, 15) is 4.79 Å². The smallest absolute Gasteiger partial charge is 0.249 e. The summed E-state index contributed by atoms with van der Waals surface area (Å²) >= 11 is 0. The molecule has 20 heavy (non-hydrogen) atoms. The Bertz CT molecular complexity index is 575. The highest BCUT2D eigenvalue weighted by atomic mass is 16.5. The van der Waals surface area contributed by atoms with Crippen LogP contribution in [0.5, 0.6) is 0 Å². The first-order valence-corrected chi connectivity index (χ1v) is 7.09. The first-order valence-electron chi connectivity index (χ1n) is 7.09. The van der Waals surface area contributed by atoms with Gasteiger partial charge < -0.3 is 15.0 Å². The van der Waals surface area contributed by atoms with Crippen LogP contribution in [-0.2, 0) is 16.0 Å². The third-order valence-electron chi connectivity index (χ3n) is 3.62. The Morgan fingerprint density at radius 1 is 1.45 bits per heavy atom. The fraction of sp³-hybridized carbons (Fsp3) is 0.467. The van der Waals surface area contributed by atoms with Crippen molar-refractivity contribution in [2.45, 2.75) is 38.4 Å². The zero-order valence-electron chi connectivity index (χ0n) is 11.6. The van der Waals surface area contributed by atoms with Gasteiger partial charge in [-0.15, -0.1) is 0 Å². The molecular weight excluding hydrogens is 254 g/mol. The second-order valence-electron chi connectivity index (χ2n) is 5.25. The highest BCUT2D eigenvalue weighted by Gasteiger charge is 2.27. The van der Waals surface area contributed by atoms with Gasteiger partial charge in [0.25, 0.3) is 0 Å². The average Bonchev–Trinajstić information content (AvgIpc) is 3.04. The maximum absolute atomic E-state index is 11.9. The van der Waals surface area contributed by atoms with Gasteiger partial charge in [0.2, 0.25) is 5.91 Å². The number of carbonyl (C=O) groups excluding carboxylic acids is 1. The molecule has 0 radical (unpaired) electrons. The van der Waals surface area contributed by atoms with Crippen LogP contribution in [0.2, 0.25) is 0 Å². The molecule has 2 aromatic rings. The number of carbonyl (C=O) groups is 1. The molecule has 0 aliphatic carbocycles. The van der Waals surface area contributed by atoms with Gasteiger partial charge in [0.15, 0.2) is 0 Å². The van der Waals surface area contributed by atoms with Crippen molar-refractivity contribution in [1.82, 2.24) is 15.3 Å². The minimum atomic E-state index is -0.277. The van der Waals surface area contributed by atoms with Gasteiger partial charge >= 0.3 is 0 Å². The minimum absolute atomic E-state index is 0.00883. The number of hydrogen-bond acceptors (Lipinski definition) is 3. The molecule has 5 nitrogen and oxygen atoms in total. The summed E-state index contributed by atoms with van der Waals surface area (Å²) in [5.41, 5.74) is 1.99. The van der Waals surface area contributed by atoms with Gasteiger partial charge in [-0.1, -0.05) is 12.1 Å². The van der Waals surface area contributed by atoms with E-state index < -0.39 is 0 Å². The summed E-state index contributed by atoms with van der Waals surface area (Å²) in [5.74, 6) is 0.887. The topological polar surface area (TPSA) is 67.0 Å². The number of aromatic nitrogens is 2. The fourth-order valence-corrected chi connectivity index (χ4v) is 2.54. The summed E-state index contributed by atoms with van der Waals surface area (Å²) in [7, 11) is 0. The third kappa shape index (κ3) is 2.82. The van der Waals surface area contributed by atoms with Crippen LogP contribution >= 0.6 is 0 Å². The molecule has 1 aliphatic heterocycles. The molecule has 106 valence electrons. The van der Waals surface area contributed by atoms with Crippen LogP contribution in [0.4, 0.5) is 0 Å². The van der Waals surface area contributed by atoms with Gasteiger partial charge in [-0.25, -0.2) is 4.98 Å². The van der Waals surface area contributed by atoms with Crippen LogP contribution < -0.4 is 5.32 Å². The number of amides is 1. The fourth-order valence-electron chi connectivity index (χ4n) is 2.54. The Balaban J connectivity index is 1.51. The Hall–Kier alpha value is -1.88. The van der Waals surface area contributed by atoms with E-state index in [-0.39, 0.29) is 18.1 Å². The lowest BCUT2D eigenvalue weighted by molar-refractivity contribution is -0.131. The van der Waals surface area contributed by atoms with E-state index in [1.54, 1.807) is 0 Å². The van der Waals surface area contributed by atoms with E-state index in [4.69, 9.17) is 4.74 Å². The highest BCUT2D eigenvalue weighted by Crippen LogP contribution is 2.18. The van der Waals surface area contributed by atoms with Gasteiger partial charge in [0, 0.05) is 13.0 Å². The van der Waals surface area contributed by atoms with Crippen molar-refractivity contribution in [3.8, 4) is 0 Å². The molecule has 2 N–H and O–H groups in total. The lowest BCUT2D eigenvalue weighted by Crippen LogP contribution is -2.35. The zero-order chi connectivity index (χ0) is 13.9. The highest BCUT2D eigenvalue weighted by molar-refractivity contribution is 5.81. The minimum Gasteiger partial charge on any atom is -0.365 e. The van der Waals surface area contributed by atoms with Crippen LogP contribution in [0.25, 0.3) is 11.0 Å². The van der Waals surface area contributed by atoms with Crippen molar-refractivity contribution in [2.24, 2.45) is 0 Å². The molecule has 1 fully saturated rings. The maximum atomic E-state index is 11.9. The number of nitrogens with zero attached hydrogens (tertiary/aromatic N) is 1. The number of aromatic amines is 1. The molecule has 1 amide bonds. The first kappa shape index (κ1) is 13.1. The van der Waals surface area contributed by atoms with Crippen molar-refractivity contribution in [3.05, 3.63) is 30.1 Å². The van der Waals surface area contributed by atoms with E-state index in [0.29, 0.717) is 13.0 Å². The number of rotatable bonds is 4. The summed E-state index contributed by atoms with van der Waals surface area (Å²) in [4.78, 5) is 19.6. The second-order valence-corrected chi connectivity index (χ2v) is 5.25. The number of hydrogen-bond donors (Lipinski definition) is 2. The largest absolute Gasteiger partial charge is 0.365 e. The molecule has 0 spiro atoms. The van der Waals surface area contributed by atoms with Crippen molar-refractivity contribution >= 4 is 16.9 Å². The predicted octanol–water partition coefficient (Wildman–Crippen LogP) is 1.79. The van der Waals surface area contributed by atoms with E-state index in [1.807, 2.05) is 31.2 Å². The van der Waals surface area contributed by atoms with E-state index in [1.165, 1.54) is 0 Å². The quantitative estimate of drug-likeness (QED) is 0.892. The first-order chi connectivity index (χ1) is 9.72. The number of para-hydroxylation sites is 2. The number of benzene rings is 1. The lowest BCUT2D eigenvalue weighted by Gasteiger charge is -2.11. The molecule has 2 unspecified atom stereocenters. The monoisotopic (exact) mass is 273 g/mol. The van der Waals surface area contributed by atoms with Crippen molar-refractivity contribution in [2.75, 3.05) is 6.54 Å². The zero-order valence-corrected chi connectivity index (χ0v) is 11.6. The standard InChI is InChI=1S/C15H19N3O2/c1-10-6-7-13(20-10)15(19)16-9-8-14-17-11-4-2-3-5-12(11)18-14/h2-5,10,13H,6-9H2,1H3,(H,16,19)(H,17,18). The molecule has 5 heteroatoms. The summed E-state index contributed by atoms with van der Waals surface area (Å²) in [6.45, 7) is 2.58. The van der Waals surface area contributed by atoms with Gasteiger partial charge in [0.05, 0.1) is 17.1 Å². The number of ether oxygens (including phenoxy) is 1. The van der Waals surface area contributed by atoms with Gasteiger partial charge in [0.1, 0.15) is 11.9 Å². The predicted molar refractivity (Wildman–Crippen MR) is 76.4 cm³/mol. The van der Waals surface area contributed by atoms with Crippen LogP contribution in [0.15, 0.2) is 24.3 Å². The summed E-state index contributed by atoms with van der Waals surface area (Å²) < 4.78 is 5.54. The second kappa shape index (κ2) is 5.63. The average molecular weight is 273 g/mol. The van der Waals surface area contributed by atoms with Crippen LogP contribution in [0.3, 0.4) is 0 Å². The SMILES string of the molecule is CC1CCC(C(=O)NCCc2nc3ccccc3[nH]2)O1. The number of nitrogens with one attached hydrogen (secondary N) is 2. The Morgan fingerprint density at radius 3 is 3.05 bits per heavy atom. The van der Waals surface area contributed by atoms with E-state index >= 15 is 0 Å². The molecule has 1 aromatic heterocycles. The molecule has 1 saturated heterocycles. The normalized spacial score (nSPS) is 22.2. The molecular formula is C15H19N3O2. The van der Waals surface area contributed by atoms with Crippen LogP contribution in [0, 0.1) is 0 Å². The number of fused-ring (bicyclic) bond motifs is 1.